The van der Waals surface area contributed by atoms with Gasteiger partial charge in [0, 0.05) is 4.86 Å². The van der Waals surface area contributed by atoms with Crippen LogP contribution in [0.4, 0.5) is 0 Å². The Hall–Kier alpha value is -0.870. The first-order valence-corrected chi connectivity index (χ1v) is 4.96. The average molecular weight is 226 g/mol. The fraction of sp³-hybridized carbons (Fsp3) is 0.200. The van der Waals surface area contributed by atoms with Gasteiger partial charge in [0.25, 0.3) is 0 Å². The van der Waals surface area contributed by atoms with E-state index in [4.69, 9.17) is 17.3 Å². The van der Waals surface area contributed by atoms with Crippen molar-refractivity contribution < 1.29 is 9.90 Å². The summed E-state index contributed by atoms with van der Waals surface area (Å²) < 4.78 is 0. The van der Waals surface area contributed by atoms with E-state index in [0.29, 0.717) is 4.86 Å². The quantitative estimate of drug-likeness (QED) is 0.471. The summed E-state index contributed by atoms with van der Waals surface area (Å²) in [7, 11) is 0. The number of carboxylic acids is 1. The van der Waals surface area contributed by atoms with Gasteiger partial charge in [0.1, 0.15) is 5.25 Å². The maximum Gasteiger partial charge on any atom is 0.321 e. The van der Waals surface area contributed by atoms with Gasteiger partial charge in [-0.2, -0.15) is 12.6 Å². The zero-order chi connectivity index (χ0) is 10.7. The van der Waals surface area contributed by atoms with Crippen LogP contribution in [0.5, 0.6) is 0 Å². The van der Waals surface area contributed by atoms with Crippen LogP contribution in [0.15, 0.2) is 24.3 Å². The van der Waals surface area contributed by atoms with Crippen LogP contribution in [0, 0.1) is 6.92 Å². The molecular weight excluding hydrogens is 216 g/mol. The third-order valence-electron chi connectivity index (χ3n) is 1.82. The summed E-state index contributed by atoms with van der Waals surface area (Å²) >= 11 is 8.92. The molecule has 1 aromatic carbocycles. The predicted molar refractivity (Wildman–Crippen MR) is 63.3 cm³/mol. The van der Waals surface area contributed by atoms with Crippen molar-refractivity contribution in [2.75, 3.05) is 0 Å². The standard InChI is InChI=1S/C10H10O2S2/c1-6-2-4-7(5-3-6)8(13)9(14)10(11)12/h2-5,9,14H,1H3,(H,11,12). The summed E-state index contributed by atoms with van der Waals surface area (Å²) in [5.74, 6) is -1.01. The van der Waals surface area contributed by atoms with Crippen molar-refractivity contribution in [1.29, 1.82) is 0 Å². The van der Waals surface area contributed by atoms with Crippen LogP contribution < -0.4 is 0 Å². The predicted octanol–water partition coefficient (Wildman–Crippen LogP) is 2.10. The number of carboxylic acid groups (broad SMARTS) is 1. The van der Waals surface area contributed by atoms with Crippen molar-refractivity contribution >= 4 is 35.7 Å². The SMILES string of the molecule is Cc1ccc(C(=S)C(S)C(=O)O)cc1. The Morgan fingerprint density at radius 2 is 1.93 bits per heavy atom. The molecule has 0 bridgehead atoms. The van der Waals surface area contributed by atoms with E-state index in [2.05, 4.69) is 12.6 Å². The van der Waals surface area contributed by atoms with Gasteiger partial charge in [-0.15, -0.1) is 0 Å². The smallest absolute Gasteiger partial charge is 0.321 e. The van der Waals surface area contributed by atoms with Gasteiger partial charge in [0.15, 0.2) is 0 Å². The molecule has 0 amide bonds. The van der Waals surface area contributed by atoms with Crippen LogP contribution in [0.3, 0.4) is 0 Å². The Morgan fingerprint density at radius 1 is 1.43 bits per heavy atom. The van der Waals surface area contributed by atoms with Crippen molar-refractivity contribution in [3.63, 3.8) is 0 Å². The molecule has 0 saturated carbocycles. The van der Waals surface area contributed by atoms with Gasteiger partial charge >= 0.3 is 5.97 Å². The van der Waals surface area contributed by atoms with Crippen LogP contribution in [0.25, 0.3) is 0 Å². The fourth-order valence-corrected chi connectivity index (χ4v) is 1.37. The minimum Gasteiger partial charge on any atom is -0.480 e. The van der Waals surface area contributed by atoms with Gasteiger partial charge in [0.05, 0.1) is 0 Å². The van der Waals surface area contributed by atoms with Gasteiger partial charge in [-0.05, 0) is 12.5 Å². The molecule has 0 radical (unpaired) electrons. The van der Waals surface area contributed by atoms with E-state index in [0.717, 1.165) is 11.1 Å². The van der Waals surface area contributed by atoms with Crippen LogP contribution in [-0.4, -0.2) is 21.2 Å². The summed E-state index contributed by atoms with van der Waals surface area (Å²) in [5, 5.41) is 7.79. The summed E-state index contributed by atoms with van der Waals surface area (Å²) in [4.78, 5) is 11.0. The van der Waals surface area contributed by atoms with E-state index < -0.39 is 11.2 Å². The molecule has 0 aliphatic heterocycles. The van der Waals surface area contributed by atoms with E-state index in [9.17, 15) is 4.79 Å². The number of hydrogen-bond acceptors (Lipinski definition) is 3. The molecule has 14 heavy (non-hydrogen) atoms. The minimum absolute atomic E-state index is 0.348. The number of rotatable bonds is 3. The van der Waals surface area contributed by atoms with Gasteiger partial charge in [-0.3, -0.25) is 4.79 Å². The number of carbonyl (C=O) groups is 1. The summed E-state index contributed by atoms with van der Waals surface area (Å²) in [5.41, 5.74) is 1.86. The molecule has 1 rings (SSSR count). The Labute approximate surface area is 93.4 Å². The highest BCUT2D eigenvalue weighted by Gasteiger charge is 2.18. The van der Waals surface area contributed by atoms with Crippen molar-refractivity contribution in [3.05, 3.63) is 35.4 Å². The Kier molecular flexibility index (Phi) is 3.66. The third-order valence-corrected chi connectivity index (χ3v) is 2.94. The Morgan fingerprint density at radius 3 is 2.36 bits per heavy atom. The largest absolute Gasteiger partial charge is 0.480 e. The topological polar surface area (TPSA) is 37.3 Å². The molecule has 1 atom stereocenters. The number of aryl methyl sites for hydroxylation is 1. The summed E-state index contributed by atoms with van der Waals surface area (Å²) in [6, 6.07) is 7.40. The van der Waals surface area contributed by atoms with Crippen molar-refractivity contribution in [1.82, 2.24) is 0 Å². The minimum atomic E-state index is -1.01. The zero-order valence-corrected chi connectivity index (χ0v) is 9.31. The van der Waals surface area contributed by atoms with Crippen LogP contribution in [0.2, 0.25) is 0 Å². The number of thiol groups is 1. The molecule has 4 heteroatoms. The molecule has 0 aliphatic carbocycles. The second-order valence-electron chi connectivity index (χ2n) is 2.97. The van der Waals surface area contributed by atoms with Gasteiger partial charge in [-0.1, -0.05) is 42.0 Å². The molecule has 74 valence electrons. The van der Waals surface area contributed by atoms with E-state index in [1.54, 1.807) is 0 Å². The molecule has 2 nitrogen and oxygen atoms in total. The molecule has 0 heterocycles. The monoisotopic (exact) mass is 226 g/mol. The normalized spacial score (nSPS) is 12.1. The molecule has 0 aromatic heterocycles. The third kappa shape index (κ3) is 2.56. The Bertz CT molecular complexity index is 357. The lowest BCUT2D eigenvalue weighted by molar-refractivity contribution is -0.135. The molecule has 0 saturated heterocycles. The number of aliphatic carboxylic acids is 1. The van der Waals surface area contributed by atoms with E-state index >= 15 is 0 Å². The average Bonchev–Trinajstić information content (AvgIpc) is 2.16. The van der Waals surface area contributed by atoms with Gasteiger partial charge < -0.3 is 5.11 Å². The molecule has 1 N–H and O–H groups in total. The van der Waals surface area contributed by atoms with Crippen molar-refractivity contribution in [3.8, 4) is 0 Å². The van der Waals surface area contributed by atoms with Gasteiger partial charge in [-0.25, -0.2) is 0 Å². The summed E-state index contributed by atoms with van der Waals surface area (Å²) in [6.45, 7) is 1.96. The molecule has 1 unspecified atom stereocenters. The molecule has 0 spiro atoms. The fourth-order valence-electron chi connectivity index (χ4n) is 0.988. The zero-order valence-electron chi connectivity index (χ0n) is 7.60. The lowest BCUT2D eigenvalue weighted by atomic mass is 10.1. The van der Waals surface area contributed by atoms with Crippen molar-refractivity contribution in [2.45, 2.75) is 12.2 Å². The van der Waals surface area contributed by atoms with E-state index in [1.807, 2.05) is 31.2 Å². The Balaban J connectivity index is 2.90. The lowest BCUT2D eigenvalue weighted by Gasteiger charge is -2.07. The number of thiocarbonyl (C=S) groups is 1. The van der Waals surface area contributed by atoms with Crippen molar-refractivity contribution in [2.24, 2.45) is 0 Å². The van der Waals surface area contributed by atoms with Gasteiger partial charge in [0.2, 0.25) is 0 Å². The maximum atomic E-state index is 10.6. The second-order valence-corrected chi connectivity index (χ2v) is 3.93. The first kappa shape index (κ1) is 11.2. The number of hydrogen-bond donors (Lipinski definition) is 2. The molecule has 1 aromatic rings. The molecule has 0 fully saturated rings. The lowest BCUT2D eigenvalue weighted by Crippen LogP contribution is -2.23. The van der Waals surface area contributed by atoms with Crippen LogP contribution in [0.1, 0.15) is 11.1 Å². The maximum absolute atomic E-state index is 10.6. The summed E-state index contributed by atoms with van der Waals surface area (Å²) in [6.07, 6.45) is 0. The second kappa shape index (κ2) is 4.57. The first-order valence-electron chi connectivity index (χ1n) is 4.04. The molecule has 0 aliphatic rings. The van der Waals surface area contributed by atoms with Crippen LogP contribution >= 0.6 is 24.8 Å². The first-order chi connectivity index (χ1) is 6.52. The highest BCUT2D eigenvalue weighted by Crippen LogP contribution is 2.11. The van der Waals surface area contributed by atoms with E-state index in [1.165, 1.54) is 0 Å². The highest BCUT2D eigenvalue weighted by atomic mass is 32.1. The highest BCUT2D eigenvalue weighted by molar-refractivity contribution is 7.87. The molecular formula is C10H10O2S2. The number of benzene rings is 1. The van der Waals surface area contributed by atoms with Crippen LogP contribution in [-0.2, 0) is 4.79 Å². The van der Waals surface area contributed by atoms with E-state index in [-0.39, 0.29) is 0 Å².